The summed E-state index contributed by atoms with van der Waals surface area (Å²) in [6.45, 7) is 11.0. The Morgan fingerprint density at radius 1 is 1.25 bits per heavy atom. The van der Waals surface area contributed by atoms with E-state index in [9.17, 15) is 5.11 Å². The van der Waals surface area contributed by atoms with E-state index < -0.39 is 6.10 Å². The van der Waals surface area contributed by atoms with Gasteiger partial charge in [0.05, 0.1) is 29.7 Å². The van der Waals surface area contributed by atoms with Crippen LogP contribution in [0.2, 0.25) is 0 Å². The standard InChI is InChI=1S/C27H37N5O4/c1-6-8-23-15-32(11-12-34-23)27-17(2)25(24-18(3)31-36-19(24)4)29-26(30-27)20-9-7-10-22(13-20)35-16-21(33)14-28-5/h7,9-10,13,21,23,28,33H,6,8,11-12,14-16H2,1-5H3/t21?,23-/m1/s1. The maximum atomic E-state index is 10.0. The van der Waals surface area contributed by atoms with Gasteiger partial charge in [-0.05, 0) is 46.4 Å². The number of aromatic nitrogens is 3. The molecule has 0 radical (unpaired) electrons. The van der Waals surface area contributed by atoms with Crippen LogP contribution < -0.4 is 15.0 Å². The topological polar surface area (TPSA) is 106 Å². The number of likely N-dealkylation sites (N-methyl/N-ethyl adjacent to an activating group) is 1. The SMILES string of the molecule is CCC[C@@H]1CN(c2nc(-c3cccc(OCC(O)CNC)c3)nc(-c3c(C)noc3C)c2C)CCO1. The van der Waals surface area contributed by atoms with Crippen molar-refractivity contribution in [2.24, 2.45) is 0 Å². The number of aliphatic hydroxyl groups excluding tert-OH is 1. The third-order valence-corrected chi connectivity index (χ3v) is 6.41. The van der Waals surface area contributed by atoms with Crippen LogP contribution in [0.15, 0.2) is 28.8 Å². The number of hydrogen-bond donors (Lipinski definition) is 2. The summed E-state index contributed by atoms with van der Waals surface area (Å²) >= 11 is 0. The van der Waals surface area contributed by atoms with Crippen LogP contribution >= 0.6 is 0 Å². The molecule has 0 bridgehead atoms. The second-order valence-corrected chi connectivity index (χ2v) is 9.32. The zero-order valence-corrected chi connectivity index (χ0v) is 21.9. The van der Waals surface area contributed by atoms with E-state index in [1.54, 1.807) is 7.05 Å². The van der Waals surface area contributed by atoms with Crippen molar-refractivity contribution in [3.05, 3.63) is 41.3 Å². The first-order chi connectivity index (χ1) is 17.4. The molecule has 1 saturated heterocycles. The van der Waals surface area contributed by atoms with Gasteiger partial charge in [0, 0.05) is 30.8 Å². The highest BCUT2D eigenvalue weighted by Crippen LogP contribution is 2.35. The maximum Gasteiger partial charge on any atom is 0.162 e. The minimum absolute atomic E-state index is 0.185. The molecule has 9 heteroatoms. The maximum absolute atomic E-state index is 10.0. The van der Waals surface area contributed by atoms with Crippen LogP contribution in [0.4, 0.5) is 5.82 Å². The molecule has 0 amide bonds. The number of aryl methyl sites for hydroxylation is 2. The van der Waals surface area contributed by atoms with Gasteiger partial charge >= 0.3 is 0 Å². The van der Waals surface area contributed by atoms with E-state index in [-0.39, 0.29) is 12.7 Å². The lowest BCUT2D eigenvalue weighted by atomic mass is 10.0. The minimum atomic E-state index is -0.593. The van der Waals surface area contributed by atoms with Crippen LogP contribution in [-0.2, 0) is 4.74 Å². The first kappa shape index (κ1) is 26.1. The van der Waals surface area contributed by atoms with E-state index in [1.807, 2.05) is 38.1 Å². The number of aliphatic hydroxyl groups is 1. The van der Waals surface area contributed by atoms with Gasteiger partial charge in [0.25, 0.3) is 0 Å². The summed E-state index contributed by atoms with van der Waals surface area (Å²) in [6, 6.07) is 7.68. The van der Waals surface area contributed by atoms with Crippen LogP contribution in [0.1, 0.15) is 36.8 Å². The van der Waals surface area contributed by atoms with Crippen molar-refractivity contribution in [3.8, 4) is 28.4 Å². The van der Waals surface area contributed by atoms with Gasteiger partial charge in [0.2, 0.25) is 0 Å². The average molecular weight is 496 g/mol. The van der Waals surface area contributed by atoms with E-state index in [4.69, 9.17) is 24.0 Å². The molecule has 2 atom stereocenters. The average Bonchev–Trinajstić information content (AvgIpc) is 3.21. The molecule has 1 aliphatic rings. The molecule has 1 fully saturated rings. The summed E-state index contributed by atoms with van der Waals surface area (Å²) in [5, 5.41) is 17.1. The van der Waals surface area contributed by atoms with Crippen LogP contribution in [-0.4, -0.2) is 72.3 Å². The monoisotopic (exact) mass is 495 g/mol. The van der Waals surface area contributed by atoms with Crippen LogP contribution in [0.3, 0.4) is 0 Å². The normalized spacial score (nSPS) is 16.8. The highest BCUT2D eigenvalue weighted by Gasteiger charge is 2.26. The lowest BCUT2D eigenvalue weighted by molar-refractivity contribution is 0.0345. The van der Waals surface area contributed by atoms with E-state index in [0.29, 0.717) is 24.7 Å². The third-order valence-electron chi connectivity index (χ3n) is 6.41. The summed E-state index contributed by atoms with van der Waals surface area (Å²) in [5.41, 5.74) is 4.35. The van der Waals surface area contributed by atoms with E-state index in [0.717, 1.165) is 65.6 Å². The van der Waals surface area contributed by atoms with Crippen LogP contribution in [0, 0.1) is 20.8 Å². The molecule has 9 nitrogen and oxygen atoms in total. The van der Waals surface area contributed by atoms with Gasteiger partial charge in [-0.2, -0.15) is 0 Å². The van der Waals surface area contributed by atoms with Crippen molar-refractivity contribution < 1.29 is 19.1 Å². The van der Waals surface area contributed by atoms with Gasteiger partial charge in [-0.15, -0.1) is 0 Å². The summed E-state index contributed by atoms with van der Waals surface area (Å²) in [5.74, 6) is 2.88. The fraction of sp³-hybridized carbons (Fsp3) is 0.519. The van der Waals surface area contributed by atoms with Crippen LogP contribution in [0.25, 0.3) is 22.6 Å². The van der Waals surface area contributed by atoms with Crippen molar-refractivity contribution in [3.63, 3.8) is 0 Å². The number of benzene rings is 1. The zero-order valence-electron chi connectivity index (χ0n) is 21.9. The number of rotatable bonds is 10. The Hall–Kier alpha value is -3.01. The van der Waals surface area contributed by atoms with Crippen molar-refractivity contribution in [2.75, 3.05) is 44.8 Å². The Bertz CT molecular complexity index is 1140. The molecule has 0 aliphatic carbocycles. The van der Waals surface area contributed by atoms with Crippen molar-refractivity contribution >= 4 is 5.82 Å². The molecule has 2 aromatic heterocycles. The Kier molecular flexibility index (Phi) is 8.56. The van der Waals surface area contributed by atoms with Crippen molar-refractivity contribution in [1.29, 1.82) is 0 Å². The molecule has 1 aliphatic heterocycles. The first-order valence-electron chi connectivity index (χ1n) is 12.7. The quantitative estimate of drug-likeness (QED) is 0.436. The van der Waals surface area contributed by atoms with E-state index in [1.165, 1.54) is 0 Å². The fourth-order valence-corrected chi connectivity index (χ4v) is 4.63. The molecule has 4 rings (SSSR count). The predicted octanol–water partition coefficient (Wildman–Crippen LogP) is 3.69. The second kappa shape index (κ2) is 11.8. The van der Waals surface area contributed by atoms with Gasteiger partial charge in [-0.25, -0.2) is 9.97 Å². The smallest absolute Gasteiger partial charge is 0.162 e. The summed E-state index contributed by atoms with van der Waals surface area (Å²) < 4.78 is 17.3. The molecule has 36 heavy (non-hydrogen) atoms. The molecular formula is C27H37N5O4. The fourth-order valence-electron chi connectivity index (χ4n) is 4.63. The molecular weight excluding hydrogens is 458 g/mol. The minimum Gasteiger partial charge on any atom is -0.491 e. The zero-order chi connectivity index (χ0) is 25.7. The Labute approximate surface area is 212 Å². The Balaban J connectivity index is 1.75. The molecule has 2 N–H and O–H groups in total. The third kappa shape index (κ3) is 5.86. The molecule has 3 aromatic rings. The number of nitrogens with zero attached hydrogens (tertiary/aromatic N) is 4. The lowest BCUT2D eigenvalue weighted by Gasteiger charge is -2.35. The largest absolute Gasteiger partial charge is 0.491 e. The van der Waals surface area contributed by atoms with Gasteiger partial charge in [0.1, 0.15) is 30.0 Å². The van der Waals surface area contributed by atoms with E-state index >= 15 is 0 Å². The van der Waals surface area contributed by atoms with Gasteiger partial charge in [-0.1, -0.05) is 30.6 Å². The molecule has 0 spiro atoms. The van der Waals surface area contributed by atoms with Crippen molar-refractivity contribution in [2.45, 2.75) is 52.7 Å². The summed E-state index contributed by atoms with van der Waals surface area (Å²) in [6.07, 6.45) is 1.68. The molecule has 0 saturated carbocycles. The molecule has 194 valence electrons. The summed E-state index contributed by atoms with van der Waals surface area (Å²) in [7, 11) is 1.80. The number of hydrogen-bond acceptors (Lipinski definition) is 9. The number of anilines is 1. The second-order valence-electron chi connectivity index (χ2n) is 9.32. The lowest BCUT2D eigenvalue weighted by Crippen LogP contribution is -2.43. The van der Waals surface area contributed by atoms with Gasteiger partial charge in [0.15, 0.2) is 5.82 Å². The highest BCUT2D eigenvalue weighted by atomic mass is 16.5. The Morgan fingerprint density at radius 3 is 2.81 bits per heavy atom. The summed E-state index contributed by atoms with van der Waals surface area (Å²) in [4.78, 5) is 12.4. The highest BCUT2D eigenvalue weighted by molar-refractivity contribution is 5.75. The molecule has 1 unspecified atom stereocenters. The van der Waals surface area contributed by atoms with Crippen molar-refractivity contribution in [1.82, 2.24) is 20.4 Å². The van der Waals surface area contributed by atoms with Crippen LogP contribution in [0.5, 0.6) is 5.75 Å². The molecule has 1 aromatic carbocycles. The predicted molar refractivity (Wildman–Crippen MR) is 139 cm³/mol. The molecule has 3 heterocycles. The van der Waals surface area contributed by atoms with E-state index in [2.05, 4.69) is 29.2 Å². The number of nitrogens with one attached hydrogen (secondary N) is 1. The number of morpholine rings is 1. The first-order valence-corrected chi connectivity index (χ1v) is 12.7. The van der Waals surface area contributed by atoms with Gasteiger partial charge in [-0.3, -0.25) is 0 Å². The Morgan fingerprint density at radius 2 is 2.08 bits per heavy atom. The van der Waals surface area contributed by atoms with Gasteiger partial charge < -0.3 is 29.3 Å². The number of ether oxygens (including phenoxy) is 2.